The quantitative estimate of drug-likeness (QED) is 0.486. The van der Waals surface area contributed by atoms with Crippen molar-refractivity contribution < 1.29 is 57.2 Å². The molecule has 0 atom stereocenters. The molecule has 0 fully saturated rings. The molecule has 0 saturated heterocycles. The lowest BCUT2D eigenvalue weighted by Gasteiger charge is -2.31. The molecule has 19 heavy (non-hydrogen) atoms. The van der Waals surface area contributed by atoms with E-state index in [4.69, 9.17) is 5.11 Å². The average molecular weight is 330 g/mol. The maximum atomic E-state index is 11.9. The summed E-state index contributed by atoms with van der Waals surface area (Å²) in [6.07, 6.45) is -13.0. The maximum absolute atomic E-state index is 11.9. The summed E-state index contributed by atoms with van der Waals surface area (Å²) >= 11 is 0. The molecule has 0 aliphatic heterocycles. The van der Waals surface area contributed by atoms with E-state index in [1.54, 1.807) is 0 Å². The van der Waals surface area contributed by atoms with Crippen LogP contribution in [0.4, 0.5) is 39.5 Å². The SMILES string of the molecule is O=S(=O)(OCC(O)(C(F)(F)F)C(F)(F)F)C(F)(F)F. The van der Waals surface area contributed by atoms with Gasteiger partial charge in [0.25, 0.3) is 5.60 Å². The second kappa shape index (κ2) is 4.66. The fourth-order valence-corrected chi connectivity index (χ4v) is 1.01. The molecule has 0 amide bonds. The van der Waals surface area contributed by atoms with Crippen molar-refractivity contribution in [3.63, 3.8) is 0 Å². The first kappa shape index (κ1) is 18.2. The van der Waals surface area contributed by atoms with Crippen LogP contribution in [0.15, 0.2) is 0 Å². The third kappa shape index (κ3) is 3.62. The van der Waals surface area contributed by atoms with Crippen molar-refractivity contribution in [2.24, 2.45) is 0 Å². The summed E-state index contributed by atoms with van der Waals surface area (Å²) in [5.74, 6) is 0. The Balaban J connectivity index is 5.35. The van der Waals surface area contributed by atoms with Crippen LogP contribution in [0.5, 0.6) is 0 Å². The summed E-state index contributed by atoms with van der Waals surface area (Å²) in [5.41, 5.74) is -12.0. The molecule has 1 N–H and O–H groups in total. The van der Waals surface area contributed by atoms with Crippen LogP contribution in [0, 0.1) is 0 Å². The largest absolute Gasteiger partial charge is 0.523 e. The highest BCUT2D eigenvalue weighted by Crippen LogP contribution is 2.43. The van der Waals surface area contributed by atoms with Gasteiger partial charge in [0.15, 0.2) is 0 Å². The molecule has 0 radical (unpaired) electrons. The molecule has 0 aromatic heterocycles. The van der Waals surface area contributed by atoms with E-state index in [9.17, 15) is 47.9 Å². The van der Waals surface area contributed by atoms with Gasteiger partial charge in [-0.1, -0.05) is 0 Å². The van der Waals surface area contributed by atoms with Crippen LogP contribution in [0.25, 0.3) is 0 Å². The van der Waals surface area contributed by atoms with E-state index >= 15 is 0 Å². The van der Waals surface area contributed by atoms with Crippen LogP contribution in [0.1, 0.15) is 0 Å². The highest BCUT2D eigenvalue weighted by molar-refractivity contribution is 7.87. The normalized spacial score (nSPS) is 15.7. The van der Waals surface area contributed by atoms with Gasteiger partial charge in [0.05, 0.1) is 0 Å². The molecule has 0 rings (SSSR count). The molecule has 0 bridgehead atoms. The molecule has 0 aliphatic carbocycles. The van der Waals surface area contributed by atoms with Gasteiger partial charge in [0.2, 0.25) is 0 Å². The number of hydrogen-bond acceptors (Lipinski definition) is 4. The second-order valence-electron chi connectivity index (χ2n) is 3.02. The first-order valence-electron chi connectivity index (χ1n) is 3.77. The third-order valence-corrected chi connectivity index (χ3v) is 2.64. The summed E-state index contributed by atoms with van der Waals surface area (Å²) in [7, 11) is -6.71. The van der Waals surface area contributed by atoms with E-state index in [1.807, 2.05) is 0 Å². The Morgan fingerprint density at radius 3 is 1.37 bits per heavy atom. The first-order chi connectivity index (χ1) is 7.96. The van der Waals surface area contributed by atoms with Crippen LogP contribution in [-0.4, -0.2) is 43.6 Å². The molecule has 0 unspecified atom stereocenters. The van der Waals surface area contributed by atoms with Crippen LogP contribution >= 0.6 is 0 Å². The molecule has 0 spiro atoms. The van der Waals surface area contributed by atoms with Crippen molar-refractivity contribution >= 4 is 10.1 Å². The van der Waals surface area contributed by atoms with E-state index in [0.717, 1.165) is 0 Å². The number of aliphatic hydroxyl groups is 1. The zero-order valence-corrected chi connectivity index (χ0v) is 9.01. The van der Waals surface area contributed by atoms with E-state index < -0.39 is 40.2 Å². The van der Waals surface area contributed by atoms with Gasteiger partial charge in [0, 0.05) is 0 Å². The van der Waals surface area contributed by atoms with Crippen molar-refractivity contribution in [3.05, 3.63) is 0 Å². The van der Waals surface area contributed by atoms with E-state index in [2.05, 4.69) is 4.18 Å². The van der Waals surface area contributed by atoms with Crippen LogP contribution < -0.4 is 0 Å². The Bertz CT molecular complexity index is 401. The zero-order chi connectivity index (χ0) is 15.9. The lowest BCUT2D eigenvalue weighted by molar-refractivity contribution is -0.373. The molecule has 0 aliphatic rings. The summed E-state index contributed by atoms with van der Waals surface area (Å²) in [5, 5.41) is 8.31. The van der Waals surface area contributed by atoms with Crippen molar-refractivity contribution in [3.8, 4) is 0 Å². The number of halogens is 9. The van der Waals surface area contributed by atoms with Gasteiger partial charge < -0.3 is 5.11 Å². The summed E-state index contributed by atoms with van der Waals surface area (Å²) in [6.45, 7) is -3.21. The highest BCUT2D eigenvalue weighted by atomic mass is 32.2. The van der Waals surface area contributed by atoms with Crippen LogP contribution in [0.2, 0.25) is 0 Å². The standard InChI is InChI=1S/C5H3F9O4S/c6-3(7,8)2(15,4(9,10)11)1-18-19(16,17)5(12,13)14/h15H,1H2. The fourth-order valence-electron chi connectivity index (χ4n) is 0.554. The van der Waals surface area contributed by atoms with Gasteiger partial charge in [-0.15, -0.1) is 0 Å². The highest BCUT2D eigenvalue weighted by Gasteiger charge is 2.71. The summed E-state index contributed by atoms with van der Waals surface area (Å²) in [6, 6.07) is 0. The van der Waals surface area contributed by atoms with Crippen molar-refractivity contribution in [1.82, 2.24) is 0 Å². The van der Waals surface area contributed by atoms with Crippen molar-refractivity contribution in [2.45, 2.75) is 23.5 Å². The van der Waals surface area contributed by atoms with Gasteiger partial charge >= 0.3 is 28.0 Å². The van der Waals surface area contributed by atoms with E-state index in [-0.39, 0.29) is 0 Å². The molecule has 14 heteroatoms. The predicted octanol–water partition coefficient (Wildman–Crippen LogP) is 1.71. The Labute approximate surface area is 98.4 Å². The van der Waals surface area contributed by atoms with Gasteiger partial charge in [-0.3, -0.25) is 4.18 Å². The molecule has 4 nitrogen and oxygen atoms in total. The molecule has 0 aromatic rings. The monoisotopic (exact) mass is 330 g/mol. The minimum absolute atomic E-state index is 2.57. The number of alkyl halides is 9. The number of rotatable bonds is 3. The summed E-state index contributed by atoms with van der Waals surface area (Å²) in [4.78, 5) is 0. The Hall–Kier alpha value is -0.760. The molecular formula is C5H3F9O4S. The molecular weight excluding hydrogens is 327 g/mol. The Morgan fingerprint density at radius 2 is 1.16 bits per heavy atom. The first-order valence-corrected chi connectivity index (χ1v) is 5.18. The topological polar surface area (TPSA) is 63.6 Å². The lowest BCUT2D eigenvalue weighted by atomic mass is 10.1. The van der Waals surface area contributed by atoms with E-state index in [0.29, 0.717) is 0 Å². The Kier molecular flexibility index (Phi) is 4.47. The molecule has 0 heterocycles. The van der Waals surface area contributed by atoms with Crippen molar-refractivity contribution in [1.29, 1.82) is 0 Å². The average Bonchev–Trinajstić information content (AvgIpc) is 2.08. The summed E-state index contributed by atoms with van der Waals surface area (Å²) < 4.78 is 129. The van der Waals surface area contributed by atoms with Crippen molar-refractivity contribution in [2.75, 3.05) is 6.61 Å². The smallest absolute Gasteiger partial charge is 0.372 e. The lowest BCUT2D eigenvalue weighted by Crippen LogP contribution is -2.60. The third-order valence-electron chi connectivity index (χ3n) is 1.64. The van der Waals surface area contributed by atoms with Crippen LogP contribution in [-0.2, 0) is 14.3 Å². The fraction of sp³-hybridized carbons (Fsp3) is 1.00. The van der Waals surface area contributed by atoms with Crippen LogP contribution in [0.3, 0.4) is 0 Å². The number of hydrogen-bond donors (Lipinski definition) is 1. The predicted molar refractivity (Wildman–Crippen MR) is 38.0 cm³/mol. The maximum Gasteiger partial charge on any atom is 0.523 e. The van der Waals surface area contributed by atoms with E-state index in [1.165, 1.54) is 0 Å². The molecule has 0 saturated carbocycles. The zero-order valence-electron chi connectivity index (χ0n) is 8.19. The second-order valence-corrected chi connectivity index (χ2v) is 4.62. The van der Waals surface area contributed by atoms with Gasteiger partial charge in [-0.05, 0) is 0 Å². The molecule has 116 valence electrons. The van der Waals surface area contributed by atoms with Gasteiger partial charge in [0.1, 0.15) is 6.61 Å². The van der Waals surface area contributed by atoms with Gasteiger partial charge in [-0.2, -0.15) is 47.9 Å². The minimum Gasteiger partial charge on any atom is -0.372 e. The minimum atomic E-state index is -6.71. The molecule has 0 aromatic carbocycles. The van der Waals surface area contributed by atoms with Gasteiger partial charge in [-0.25, -0.2) is 0 Å². The Morgan fingerprint density at radius 1 is 0.842 bits per heavy atom.